The zero-order valence-electron chi connectivity index (χ0n) is 14.5. The van der Waals surface area contributed by atoms with Crippen molar-refractivity contribution in [2.45, 2.75) is 19.4 Å². The quantitative estimate of drug-likeness (QED) is 0.861. The molecule has 0 aliphatic carbocycles. The van der Waals surface area contributed by atoms with Crippen LogP contribution < -0.4 is 9.64 Å². The summed E-state index contributed by atoms with van der Waals surface area (Å²) >= 11 is 0. The molecule has 1 aliphatic rings. The average molecular weight is 338 g/mol. The van der Waals surface area contributed by atoms with Gasteiger partial charge in [-0.25, -0.2) is 0 Å². The van der Waals surface area contributed by atoms with E-state index in [0.717, 1.165) is 11.3 Å². The highest BCUT2D eigenvalue weighted by Crippen LogP contribution is 2.25. The van der Waals surface area contributed by atoms with Gasteiger partial charge in [0.05, 0.1) is 13.2 Å². The van der Waals surface area contributed by atoms with Crippen LogP contribution in [-0.4, -0.2) is 43.0 Å². The fourth-order valence-electron chi connectivity index (χ4n) is 3.23. The molecule has 0 spiro atoms. The second kappa shape index (κ2) is 7.38. The van der Waals surface area contributed by atoms with E-state index in [0.29, 0.717) is 18.7 Å². The van der Waals surface area contributed by atoms with Gasteiger partial charge in [0.25, 0.3) is 0 Å². The molecule has 3 rings (SSSR count). The highest BCUT2D eigenvalue weighted by Gasteiger charge is 2.34. The lowest BCUT2D eigenvalue weighted by molar-refractivity contribution is -0.137. The Labute approximate surface area is 147 Å². The van der Waals surface area contributed by atoms with Crippen LogP contribution in [0.15, 0.2) is 54.6 Å². The van der Waals surface area contributed by atoms with Crippen LogP contribution in [0.3, 0.4) is 0 Å². The van der Waals surface area contributed by atoms with Crippen molar-refractivity contribution < 1.29 is 14.3 Å². The summed E-state index contributed by atoms with van der Waals surface area (Å²) in [6, 6.07) is 17.4. The first-order chi connectivity index (χ1) is 12.1. The maximum Gasteiger partial charge on any atom is 0.246 e. The molecule has 0 N–H and O–H groups in total. The highest BCUT2D eigenvalue weighted by molar-refractivity contribution is 5.98. The van der Waals surface area contributed by atoms with Crippen molar-refractivity contribution in [2.24, 2.45) is 0 Å². The number of rotatable bonds is 4. The number of benzene rings is 2. The first kappa shape index (κ1) is 17.0. The minimum atomic E-state index is -0.0761. The SMILES string of the molecule is COc1cccc(N2C[C@H](Cc3ccccc3)N(C(C)=O)CC2=O)c1. The predicted molar refractivity (Wildman–Crippen MR) is 96.7 cm³/mol. The molecule has 0 aromatic heterocycles. The Balaban J connectivity index is 1.86. The number of piperazine rings is 1. The van der Waals surface area contributed by atoms with Gasteiger partial charge < -0.3 is 14.5 Å². The third-order valence-corrected chi connectivity index (χ3v) is 4.52. The topological polar surface area (TPSA) is 49.9 Å². The van der Waals surface area contributed by atoms with Crippen LogP contribution in [0, 0.1) is 0 Å². The number of anilines is 1. The van der Waals surface area contributed by atoms with Crippen LogP contribution in [0.25, 0.3) is 0 Å². The van der Waals surface area contributed by atoms with Gasteiger partial charge in [-0.1, -0.05) is 36.4 Å². The van der Waals surface area contributed by atoms with Gasteiger partial charge in [-0.2, -0.15) is 0 Å². The lowest BCUT2D eigenvalue weighted by Crippen LogP contribution is -2.58. The Bertz CT molecular complexity index is 761. The molecule has 2 amide bonds. The maximum atomic E-state index is 12.6. The Hall–Kier alpha value is -2.82. The number of amides is 2. The fraction of sp³-hybridized carbons (Fsp3) is 0.300. The molecule has 1 atom stereocenters. The Kier molecular flexibility index (Phi) is 5.03. The van der Waals surface area contributed by atoms with Gasteiger partial charge in [0, 0.05) is 25.2 Å². The lowest BCUT2D eigenvalue weighted by atomic mass is 10.0. The van der Waals surface area contributed by atoms with E-state index in [-0.39, 0.29) is 24.4 Å². The van der Waals surface area contributed by atoms with Crippen LogP contribution in [-0.2, 0) is 16.0 Å². The van der Waals surface area contributed by atoms with E-state index in [9.17, 15) is 9.59 Å². The standard InChI is InChI=1S/C20H22N2O3/c1-15(23)21-14-20(24)22(17-9-6-10-19(12-17)25-2)13-18(21)11-16-7-4-3-5-8-16/h3-10,12,18H,11,13-14H2,1-2H3/t18-/m0/s1. The van der Waals surface area contributed by atoms with Gasteiger partial charge in [-0.05, 0) is 24.1 Å². The summed E-state index contributed by atoms with van der Waals surface area (Å²) in [5.74, 6) is 0.561. The molecule has 0 bridgehead atoms. The van der Waals surface area contributed by atoms with Crippen molar-refractivity contribution in [3.8, 4) is 5.75 Å². The average Bonchev–Trinajstić information content (AvgIpc) is 2.63. The molecule has 1 heterocycles. The first-order valence-corrected chi connectivity index (χ1v) is 8.34. The van der Waals surface area contributed by atoms with E-state index in [1.165, 1.54) is 6.92 Å². The molecule has 1 aliphatic heterocycles. The van der Waals surface area contributed by atoms with E-state index < -0.39 is 0 Å². The van der Waals surface area contributed by atoms with Gasteiger partial charge in [0.15, 0.2) is 0 Å². The van der Waals surface area contributed by atoms with E-state index in [2.05, 4.69) is 0 Å². The predicted octanol–water partition coefficient (Wildman–Crippen LogP) is 2.50. The lowest BCUT2D eigenvalue weighted by Gasteiger charge is -2.40. The van der Waals surface area contributed by atoms with Gasteiger partial charge in [0.1, 0.15) is 12.3 Å². The third kappa shape index (κ3) is 3.82. The molecule has 1 fully saturated rings. The van der Waals surface area contributed by atoms with Crippen LogP contribution >= 0.6 is 0 Å². The van der Waals surface area contributed by atoms with Crippen LogP contribution in [0.5, 0.6) is 5.75 Å². The summed E-state index contributed by atoms with van der Waals surface area (Å²) in [5, 5.41) is 0. The number of hydrogen-bond donors (Lipinski definition) is 0. The number of ether oxygens (including phenoxy) is 1. The Morgan fingerprint density at radius 1 is 1.16 bits per heavy atom. The molecule has 0 saturated carbocycles. The summed E-state index contributed by atoms with van der Waals surface area (Å²) in [4.78, 5) is 28.0. The van der Waals surface area contributed by atoms with Crippen molar-refractivity contribution in [3.05, 3.63) is 60.2 Å². The smallest absolute Gasteiger partial charge is 0.246 e. The largest absolute Gasteiger partial charge is 0.497 e. The van der Waals surface area contributed by atoms with Crippen molar-refractivity contribution in [1.82, 2.24) is 4.90 Å². The molecular weight excluding hydrogens is 316 g/mol. The molecule has 130 valence electrons. The van der Waals surface area contributed by atoms with E-state index >= 15 is 0 Å². The van der Waals surface area contributed by atoms with Gasteiger partial charge >= 0.3 is 0 Å². The second-order valence-electron chi connectivity index (χ2n) is 6.20. The molecule has 5 heteroatoms. The summed E-state index contributed by atoms with van der Waals surface area (Å²) in [6.45, 7) is 2.09. The summed E-state index contributed by atoms with van der Waals surface area (Å²) in [6.07, 6.45) is 0.716. The number of carbonyl (C=O) groups excluding carboxylic acids is 2. The zero-order valence-corrected chi connectivity index (χ0v) is 14.5. The monoisotopic (exact) mass is 338 g/mol. The minimum absolute atomic E-state index is 0.0520. The van der Waals surface area contributed by atoms with Crippen LogP contribution in [0.2, 0.25) is 0 Å². The molecule has 1 saturated heterocycles. The molecule has 2 aromatic rings. The molecule has 2 aromatic carbocycles. The number of methoxy groups -OCH3 is 1. The molecule has 0 unspecified atom stereocenters. The van der Waals surface area contributed by atoms with E-state index in [1.54, 1.807) is 16.9 Å². The summed E-state index contributed by atoms with van der Waals surface area (Å²) in [5.41, 5.74) is 1.95. The molecule has 5 nitrogen and oxygen atoms in total. The van der Waals surface area contributed by atoms with Gasteiger partial charge in [-0.3, -0.25) is 9.59 Å². The number of carbonyl (C=O) groups is 2. The number of nitrogens with zero attached hydrogens (tertiary/aromatic N) is 2. The van der Waals surface area contributed by atoms with Crippen molar-refractivity contribution in [1.29, 1.82) is 0 Å². The zero-order chi connectivity index (χ0) is 17.8. The fourth-order valence-corrected chi connectivity index (χ4v) is 3.23. The van der Waals surface area contributed by atoms with Crippen molar-refractivity contribution in [2.75, 3.05) is 25.1 Å². The Morgan fingerprint density at radius 2 is 1.92 bits per heavy atom. The molecular formula is C20H22N2O3. The van der Waals surface area contributed by atoms with Gasteiger partial charge in [0.2, 0.25) is 11.8 Å². The van der Waals surface area contributed by atoms with Crippen molar-refractivity contribution >= 4 is 17.5 Å². The molecule has 0 radical (unpaired) electrons. The molecule has 25 heavy (non-hydrogen) atoms. The van der Waals surface area contributed by atoms with Crippen LogP contribution in [0.4, 0.5) is 5.69 Å². The van der Waals surface area contributed by atoms with E-state index in [1.807, 2.05) is 54.6 Å². The highest BCUT2D eigenvalue weighted by atomic mass is 16.5. The summed E-state index contributed by atoms with van der Waals surface area (Å²) < 4.78 is 5.26. The van der Waals surface area contributed by atoms with Gasteiger partial charge in [-0.15, -0.1) is 0 Å². The normalized spacial score (nSPS) is 17.5. The van der Waals surface area contributed by atoms with Crippen LogP contribution in [0.1, 0.15) is 12.5 Å². The Morgan fingerprint density at radius 3 is 2.60 bits per heavy atom. The first-order valence-electron chi connectivity index (χ1n) is 8.34. The maximum absolute atomic E-state index is 12.6. The minimum Gasteiger partial charge on any atom is -0.497 e. The third-order valence-electron chi connectivity index (χ3n) is 4.52. The summed E-state index contributed by atoms with van der Waals surface area (Å²) in [7, 11) is 1.60. The van der Waals surface area contributed by atoms with E-state index in [4.69, 9.17) is 4.74 Å². The number of hydrogen-bond acceptors (Lipinski definition) is 3. The second-order valence-corrected chi connectivity index (χ2v) is 6.20. The van der Waals surface area contributed by atoms with Crippen molar-refractivity contribution in [3.63, 3.8) is 0 Å².